The van der Waals surface area contributed by atoms with Crippen LogP contribution in [0.5, 0.6) is 0 Å². The van der Waals surface area contributed by atoms with Crippen molar-refractivity contribution in [3.05, 3.63) is 41.5 Å². The summed E-state index contributed by atoms with van der Waals surface area (Å²) < 4.78 is 0. The summed E-state index contributed by atoms with van der Waals surface area (Å²) in [5, 5.41) is 5.50. The summed E-state index contributed by atoms with van der Waals surface area (Å²) in [6, 6.07) is 8.43. The third-order valence-corrected chi connectivity index (χ3v) is 3.66. The first-order valence-corrected chi connectivity index (χ1v) is 7.81. The van der Waals surface area contributed by atoms with Gasteiger partial charge in [-0.15, -0.1) is 0 Å². The van der Waals surface area contributed by atoms with Gasteiger partial charge in [0.05, 0.1) is 6.54 Å². The molecule has 22 heavy (non-hydrogen) atoms. The van der Waals surface area contributed by atoms with Crippen molar-refractivity contribution in [2.24, 2.45) is 5.92 Å². The summed E-state index contributed by atoms with van der Waals surface area (Å²) in [4.78, 5) is 23.6. The van der Waals surface area contributed by atoms with E-state index in [4.69, 9.17) is 0 Å². The second-order valence-corrected chi connectivity index (χ2v) is 6.18. The molecule has 1 fully saturated rings. The zero-order valence-electron chi connectivity index (χ0n) is 13.5. The lowest BCUT2D eigenvalue weighted by Crippen LogP contribution is -2.37. The van der Waals surface area contributed by atoms with Crippen LogP contribution in [0.2, 0.25) is 0 Å². The molecule has 2 rings (SSSR count). The summed E-state index contributed by atoms with van der Waals surface area (Å²) in [6.07, 6.45) is 3.69. The Labute approximate surface area is 132 Å². The third-order valence-electron chi connectivity index (χ3n) is 3.66. The lowest BCUT2D eigenvalue weighted by atomic mass is 9.94. The van der Waals surface area contributed by atoms with Crippen LogP contribution < -0.4 is 10.6 Å². The van der Waals surface area contributed by atoms with E-state index < -0.39 is 0 Å². The molecule has 0 unspecified atom stereocenters. The maximum Gasteiger partial charge on any atom is 0.244 e. The quantitative estimate of drug-likeness (QED) is 0.793. The van der Waals surface area contributed by atoms with Crippen LogP contribution in [-0.2, 0) is 9.59 Å². The number of benzene rings is 1. The monoisotopic (exact) mass is 300 g/mol. The Kier molecular flexibility index (Phi) is 5.36. The van der Waals surface area contributed by atoms with Crippen molar-refractivity contribution in [3.8, 4) is 0 Å². The Morgan fingerprint density at radius 3 is 2.41 bits per heavy atom. The number of allylic oxidation sites excluding steroid dienone is 1. The molecule has 1 aromatic rings. The van der Waals surface area contributed by atoms with Gasteiger partial charge in [-0.05, 0) is 36.8 Å². The number of aryl methyl sites for hydroxylation is 1. The van der Waals surface area contributed by atoms with E-state index in [2.05, 4.69) is 24.5 Å². The first-order valence-electron chi connectivity index (χ1n) is 7.81. The molecule has 1 aliphatic carbocycles. The number of hydrogen-bond donors (Lipinski definition) is 2. The van der Waals surface area contributed by atoms with Gasteiger partial charge in [-0.25, -0.2) is 0 Å². The van der Waals surface area contributed by atoms with Crippen molar-refractivity contribution < 1.29 is 9.59 Å². The Morgan fingerprint density at radius 1 is 1.23 bits per heavy atom. The molecule has 118 valence electrons. The minimum Gasteiger partial charge on any atom is -0.352 e. The fourth-order valence-electron chi connectivity index (χ4n) is 2.20. The van der Waals surface area contributed by atoms with Crippen molar-refractivity contribution >= 4 is 17.4 Å². The Balaban J connectivity index is 1.97. The second-order valence-electron chi connectivity index (χ2n) is 6.18. The molecule has 0 bridgehead atoms. The fraction of sp³-hybridized carbons (Fsp3) is 0.444. The first kappa shape index (κ1) is 16.3. The van der Waals surface area contributed by atoms with E-state index in [1.165, 1.54) is 5.56 Å². The molecular formula is C18H24N2O2. The standard InChI is InChI=1S/C18H24N2O2/c1-12(2)16(14-6-4-13(3)5-7-14)10-17(21)19-11-18(22)20-15-8-9-15/h4-7,10,12,15H,8-9,11H2,1-3H3,(H,19,21)(H,20,22)/b16-10+. The number of amides is 2. The lowest BCUT2D eigenvalue weighted by molar-refractivity contribution is -0.124. The summed E-state index contributed by atoms with van der Waals surface area (Å²) in [6.45, 7) is 6.18. The van der Waals surface area contributed by atoms with E-state index in [-0.39, 0.29) is 24.3 Å². The second kappa shape index (κ2) is 7.25. The summed E-state index contributed by atoms with van der Waals surface area (Å²) >= 11 is 0. The van der Waals surface area contributed by atoms with Crippen molar-refractivity contribution in [2.75, 3.05) is 6.54 Å². The molecule has 0 aromatic heterocycles. The van der Waals surface area contributed by atoms with Gasteiger partial charge < -0.3 is 10.6 Å². The topological polar surface area (TPSA) is 58.2 Å². The van der Waals surface area contributed by atoms with E-state index in [0.717, 1.165) is 24.0 Å². The molecular weight excluding hydrogens is 276 g/mol. The fourth-order valence-corrected chi connectivity index (χ4v) is 2.20. The Morgan fingerprint density at radius 2 is 1.86 bits per heavy atom. The van der Waals surface area contributed by atoms with Crippen molar-refractivity contribution in [1.82, 2.24) is 10.6 Å². The number of carbonyl (C=O) groups excluding carboxylic acids is 2. The van der Waals surface area contributed by atoms with E-state index in [1.54, 1.807) is 6.08 Å². The lowest BCUT2D eigenvalue weighted by Gasteiger charge is -2.12. The van der Waals surface area contributed by atoms with E-state index in [9.17, 15) is 9.59 Å². The maximum atomic E-state index is 12.0. The summed E-state index contributed by atoms with van der Waals surface area (Å²) in [5.41, 5.74) is 3.20. The predicted molar refractivity (Wildman–Crippen MR) is 88.2 cm³/mol. The number of hydrogen-bond acceptors (Lipinski definition) is 2. The van der Waals surface area contributed by atoms with Gasteiger partial charge in [-0.3, -0.25) is 9.59 Å². The zero-order valence-corrected chi connectivity index (χ0v) is 13.5. The van der Waals surface area contributed by atoms with Gasteiger partial charge in [-0.2, -0.15) is 0 Å². The zero-order chi connectivity index (χ0) is 16.1. The third kappa shape index (κ3) is 5.02. The highest BCUT2D eigenvalue weighted by molar-refractivity contribution is 5.97. The molecule has 0 heterocycles. The van der Waals surface area contributed by atoms with Crippen molar-refractivity contribution in [3.63, 3.8) is 0 Å². The van der Waals surface area contributed by atoms with Crippen LogP contribution in [0.4, 0.5) is 0 Å². The predicted octanol–water partition coefficient (Wildman–Crippen LogP) is 2.43. The molecule has 0 atom stereocenters. The van der Waals surface area contributed by atoms with Gasteiger partial charge in [0.2, 0.25) is 11.8 Å². The van der Waals surface area contributed by atoms with E-state index in [0.29, 0.717) is 6.04 Å². The number of rotatable bonds is 6. The van der Waals surface area contributed by atoms with Crippen LogP contribution in [0, 0.1) is 12.8 Å². The molecule has 2 N–H and O–H groups in total. The van der Waals surface area contributed by atoms with Gasteiger partial charge in [0.15, 0.2) is 0 Å². The maximum absolute atomic E-state index is 12.0. The molecule has 0 spiro atoms. The molecule has 1 aliphatic rings. The molecule has 0 radical (unpaired) electrons. The highest BCUT2D eigenvalue weighted by Crippen LogP contribution is 2.23. The van der Waals surface area contributed by atoms with Gasteiger partial charge in [-0.1, -0.05) is 43.7 Å². The molecule has 0 aliphatic heterocycles. The average molecular weight is 300 g/mol. The van der Waals surface area contributed by atoms with Crippen LogP contribution in [0.15, 0.2) is 30.3 Å². The minimum absolute atomic E-state index is 0.0328. The normalized spacial score (nSPS) is 14.8. The van der Waals surface area contributed by atoms with Gasteiger partial charge in [0.1, 0.15) is 0 Å². The van der Waals surface area contributed by atoms with E-state index >= 15 is 0 Å². The van der Waals surface area contributed by atoms with Crippen molar-refractivity contribution in [2.45, 2.75) is 39.7 Å². The number of carbonyl (C=O) groups is 2. The molecule has 4 heteroatoms. The first-order chi connectivity index (χ1) is 10.5. The smallest absolute Gasteiger partial charge is 0.244 e. The molecule has 4 nitrogen and oxygen atoms in total. The Hall–Kier alpha value is -2.10. The largest absolute Gasteiger partial charge is 0.352 e. The van der Waals surface area contributed by atoms with Crippen LogP contribution in [0.3, 0.4) is 0 Å². The van der Waals surface area contributed by atoms with Gasteiger partial charge >= 0.3 is 0 Å². The molecule has 1 aromatic carbocycles. The van der Waals surface area contributed by atoms with Crippen molar-refractivity contribution in [1.29, 1.82) is 0 Å². The van der Waals surface area contributed by atoms with Gasteiger partial charge in [0.25, 0.3) is 0 Å². The molecule has 2 amide bonds. The summed E-state index contributed by atoms with van der Waals surface area (Å²) in [7, 11) is 0. The molecule has 0 saturated heterocycles. The molecule has 1 saturated carbocycles. The minimum atomic E-state index is -0.227. The SMILES string of the molecule is Cc1ccc(/C(=C/C(=O)NCC(=O)NC2CC2)C(C)C)cc1. The number of nitrogens with one attached hydrogen (secondary N) is 2. The van der Waals surface area contributed by atoms with Crippen LogP contribution >= 0.6 is 0 Å². The highest BCUT2D eigenvalue weighted by Gasteiger charge is 2.23. The van der Waals surface area contributed by atoms with Crippen LogP contribution in [0.25, 0.3) is 5.57 Å². The average Bonchev–Trinajstić information content (AvgIpc) is 3.27. The Bertz CT molecular complexity index is 569. The summed E-state index contributed by atoms with van der Waals surface area (Å²) in [5.74, 6) is -0.116. The van der Waals surface area contributed by atoms with E-state index in [1.807, 2.05) is 31.2 Å². The van der Waals surface area contributed by atoms with Crippen LogP contribution in [0.1, 0.15) is 37.8 Å². The van der Waals surface area contributed by atoms with Gasteiger partial charge in [0, 0.05) is 12.1 Å². The van der Waals surface area contributed by atoms with Crippen LogP contribution in [-0.4, -0.2) is 24.4 Å². The highest BCUT2D eigenvalue weighted by atomic mass is 16.2.